The molecule has 110 valence electrons. The van der Waals surface area contributed by atoms with Gasteiger partial charge in [0, 0.05) is 38.3 Å². The van der Waals surface area contributed by atoms with E-state index in [0.717, 1.165) is 51.3 Å². The standard InChI is InChI=1S/C14H21ClN4O/c15-13-9-14(17-10-16-13)19-7-5-18(6-8-19)11-3-1-2-4-12(11)20/h9-12,20H,1-8H2. The Hall–Kier alpha value is -0.910. The first kappa shape index (κ1) is 14.0. The van der Waals surface area contributed by atoms with Crippen molar-refractivity contribution < 1.29 is 5.11 Å². The van der Waals surface area contributed by atoms with Crippen LogP contribution in [-0.2, 0) is 0 Å². The van der Waals surface area contributed by atoms with Crippen molar-refractivity contribution in [3.63, 3.8) is 0 Å². The lowest BCUT2D eigenvalue weighted by Crippen LogP contribution is -2.54. The Balaban J connectivity index is 1.59. The topological polar surface area (TPSA) is 52.5 Å². The van der Waals surface area contributed by atoms with Gasteiger partial charge in [0.2, 0.25) is 0 Å². The lowest BCUT2D eigenvalue weighted by molar-refractivity contribution is 0.0172. The van der Waals surface area contributed by atoms with Crippen LogP contribution in [0.2, 0.25) is 5.15 Å². The number of nitrogens with zero attached hydrogens (tertiary/aromatic N) is 4. The number of rotatable bonds is 2. The Morgan fingerprint density at radius 1 is 1.10 bits per heavy atom. The third-order valence-corrected chi connectivity index (χ3v) is 4.63. The molecule has 1 aliphatic heterocycles. The Kier molecular flexibility index (Phi) is 4.38. The van der Waals surface area contributed by atoms with E-state index in [-0.39, 0.29) is 6.10 Å². The van der Waals surface area contributed by atoms with Crippen LogP contribution in [0, 0.1) is 0 Å². The van der Waals surface area contributed by atoms with Crippen LogP contribution >= 0.6 is 11.6 Å². The predicted molar refractivity (Wildman–Crippen MR) is 79.1 cm³/mol. The van der Waals surface area contributed by atoms with Gasteiger partial charge in [-0.3, -0.25) is 4.90 Å². The summed E-state index contributed by atoms with van der Waals surface area (Å²) in [4.78, 5) is 12.9. The fourth-order valence-corrected chi connectivity index (χ4v) is 3.44. The van der Waals surface area contributed by atoms with Crippen molar-refractivity contribution in [2.24, 2.45) is 0 Å². The van der Waals surface area contributed by atoms with E-state index in [0.29, 0.717) is 11.2 Å². The van der Waals surface area contributed by atoms with E-state index in [4.69, 9.17) is 11.6 Å². The van der Waals surface area contributed by atoms with E-state index >= 15 is 0 Å². The third-order valence-electron chi connectivity index (χ3n) is 4.42. The van der Waals surface area contributed by atoms with Gasteiger partial charge in [-0.1, -0.05) is 24.4 Å². The summed E-state index contributed by atoms with van der Waals surface area (Å²) in [7, 11) is 0. The van der Waals surface area contributed by atoms with Crippen LogP contribution in [0.1, 0.15) is 25.7 Å². The minimum atomic E-state index is -0.149. The lowest BCUT2D eigenvalue weighted by Gasteiger charge is -2.43. The van der Waals surface area contributed by atoms with E-state index in [1.807, 2.05) is 6.07 Å². The Bertz CT molecular complexity index is 451. The molecule has 6 heteroatoms. The van der Waals surface area contributed by atoms with Gasteiger partial charge < -0.3 is 10.0 Å². The first-order chi connectivity index (χ1) is 9.74. The zero-order chi connectivity index (χ0) is 13.9. The number of aromatic nitrogens is 2. The number of anilines is 1. The van der Waals surface area contributed by atoms with Gasteiger partial charge in [0.05, 0.1) is 6.10 Å². The number of aliphatic hydroxyl groups is 1. The largest absolute Gasteiger partial charge is 0.391 e. The molecular formula is C14H21ClN4O. The van der Waals surface area contributed by atoms with E-state index in [9.17, 15) is 5.11 Å². The molecule has 0 bridgehead atoms. The van der Waals surface area contributed by atoms with Gasteiger partial charge in [-0.2, -0.15) is 0 Å². The zero-order valence-corrected chi connectivity index (χ0v) is 12.3. The first-order valence-corrected chi connectivity index (χ1v) is 7.76. The Morgan fingerprint density at radius 2 is 1.85 bits per heavy atom. The van der Waals surface area contributed by atoms with Crippen molar-refractivity contribution >= 4 is 17.4 Å². The molecule has 1 aliphatic carbocycles. The average molecular weight is 297 g/mol. The molecule has 2 aliphatic rings. The molecule has 0 amide bonds. The summed E-state index contributed by atoms with van der Waals surface area (Å²) in [6, 6.07) is 2.16. The Labute approximate surface area is 124 Å². The normalized spacial score (nSPS) is 28.6. The monoisotopic (exact) mass is 296 g/mol. The molecule has 2 heterocycles. The van der Waals surface area contributed by atoms with Gasteiger partial charge in [0.1, 0.15) is 17.3 Å². The quantitative estimate of drug-likeness (QED) is 0.839. The summed E-state index contributed by atoms with van der Waals surface area (Å²) in [5.41, 5.74) is 0. The average Bonchev–Trinajstić information content (AvgIpc) is 2.48. The van der Waals surface area contributed by atoms with Crippen LogP contribution < -0.4 is 4.90 Å². The minimum absolute atomic E-state index is 0.149. The second-order valence-corrected chi connectivity index (χ2v) is 6.03. The van der Waals surface area contributed by atoms with Crippen LogP contribution in [0.4, 0.5) is 5.82 Å². The second kappa shape index (κ2) is 6.24. The van der Waals surface area contributed by atoms with Gasteiger partial charge >= 0.3 is 0 Å². The van der Waals surface area contributed by atoms with Crippen LogP contribution in [0.5, 0.6) is 0 Å². The molecular weight excluding hydrogens is 276 g/mol. The summed E-state index contributed by atoms with van der Waals surface area (Å²) in [6.07, 6.45) is 5.84. The summed E-state index contributed by atoms with van der Waals surface area (Å²) in [6.45, 7) is 3.81. The first-order valence-electron chi connectivity index (χ1n) is 7.38. The highest BCUT2D eigenvalue weighted by molar-refractivity contribution is 6.29. The highest BCUT2D eigenvalue weighted by Gasteiger charge is 2.31. The van der Waals surface area contributed by atoms with Crippen LogP contribution in [0.25, 0.3) is 0 Å². The lowest BCUT2D eigenvalue weighted by atomic mass is 9.91. The highest BCUT2D eigenvalue weighted by Crippen LogP contribution is 2.25. The summed E-state index contributed by atoms with van der Waals surface area (Å²) < 4.78 is 0. The Morgan fingerprint density at radius 3 is 2.55 bits per heavy atom. The summed E-state index contributed by atoms with van der Waals surface area (Å²) in [5, 5.41) is 10.6. The minimum Gasteiger partial charge on any atom is -0.391 e. The molecule has 1 N–H and O–H groups in total. The van der Waals surface area contributed by atoms with Gasteiger partial charge in [-0.25, -0.2) is 9.97 Å². The fraction of sp³-hybridized carbons (Fsp3) is 0.714. The molecule has 1 aromatic rings. The highest BCUT2D eigenvalue weighted by atomic mass is 35.5. The van der Waals surface area contributed by atoms with Crippen LogP contribution in [0.3, 0.4) is 0 Å². The molecule has 0 spiro atoms. The maximum atomic E-state index is 10.1. The smallest absolute Gasteiger partial charge is 0.134 e. The summed E-state index contributed by atoms with van der Waals surface area (Å²) >= 11 is 5.91. The zero-order valence-electron chi connectivity index (χ0n) is 11.6. The van der Waals surface area contributed by atoms with E-state index in [1.54, 1.807) is 0 Å². The number of hydrogen-bond donors (Lipinski definition) is 1. The number of aliphatic hydroxyl groups excluding tert-OH is 1. The molecule has 3 rings (SSSR count). The van der Waals surface area contributed by atoms with Crippen LogP contribution in [0.15, 0.2) is 12.4 Å². The fourth-order valence-electron chi connectivity index (χ4n) is 3.30. The van der Waals surface area contributed by atoms with E-state index in [1.165, 1.54) is 12.7 Å². The van der Waals surface area contributed by atoms with E-state index in [2.05, 4.69) is 19.8 Å². The SMILES string of the molecule is OC1CCCCC1N1CCN(c2cc(Cl)ncn2)CC1. The molecule has 2 fully saturated rings. The number of halogens is 1. The third kappa shape index (κ3) is 3.05. The van der Waals surface area contributed by atoms with E-state index < -0.39 is 0 Å². The van der Waals surface area contributed by atoms with Gasteiger partial charge in [-0.15, -0.1) is 0 Å². The van der Waals surface area contributed by atoms with Gasteiger partial charge in [0.25, 0.3) is 0 Å². The van der Waals surface area contributed by atoms with Gasteiger partial charge in [-0.05, 0) is 12.8 Å². The molecule has 1 saturated carbocycles. The molecule has 1 aromatic heterocycles. The molecule has 2 atom stereocenters. The molecule has 2 unspecified atom stereocenters. The number of piperazine rings is 1. The van der Waals surface area contributed by atoms with Crippen molar-refractivity contribution in [2.75, 3.05) is 31.1 Å². The van der Waals surface area contributed by atoms with Crippen molar-refractivity contribution in [1.29, 1.82) is 0 Å². The molecule has 20 heavy (non-hydrogen) atoms. The summed E-state index contributed by atoms with van der Waals surface area (Å²) in [5.74, 6) is 0.897. The molecule has 0 aromatic carbocycles. The molecule has 5 nitrogen and oxygen atoms in total. The second-order valence-electron chi connectivity index (χ2n) is 5.64. The van der Waals surface area contributed by atoms with Crippen LogP contribution in [-0.4, -0.2) is 58.3 Å². The van der Waals surface area contributed by atoms with Gasteiger partial charge in [0.15, 0.2) is 0 Å². The maximum absolute atomic E-state index is 10.1. The van der Waals surface area contributed by atoms with Crippen molar-refractivity contribution in [3.05, 3.63) is 17.5 Å². The van der Waals surface area contributed by atoms with Crippen molar-refractivity contribution in [2.45, 2.75) is 37.8 Å². The number of hydrogen-bond acceptors (Lipinski definition) is 5. The predicted octanol–water partition coefficient (Wildman–Crippen LogP) is 1.56. The molecule has 1 saturated heterocycles. The molecule has 0 radical (unpaired) electrons. The maximum Gasteiger partial charge on any atom is 0.134 e. The van der Waals surface area contributed by atoms with Crippen molar-refractivity contribution in [1.82, 2.24) is 14.9 Å². The van der Waals surface area contributed by atoms with Crippen molar-refractivity contribution in [3.8, 4) is 0 Å².